The summed E-state index contributed by atoms with van der Waals surface area (Å²) in [5.74, 6) is -0.197. The first-order chi connectivity index (χ1) is 13.9. The fourth-order valence-corrected chi connectivity index (χ4v) is 3.00. The molecule has 1 saturated heterocycles. The van der Waals surface area contributed by atoms with Crippen LogP contribution in [0.3, 0.4) is 0 Å². The van der Waals surface area contributed by atoms with Gasteiger partial charge >= 0.3 is 6.18 Å². The van der Waals surface area contributed by atoms with Gasteiger partial charge in [0.2, 0.25) is 5.95 Å². The fourth-order valence-electron chi connectivity index (χ4n) is 3.00. The molecule has 0 bridgehead atoms. The van der Waals surface area contributed by atoms with Gasteiger partial charge in [-0.1, -0.05) is 0 Å². The number of alkyl halides is 3. The Balaban J connectivity index is 1.62. The zero-order valence-corrected chi connectivity index (χ0v) is 14.9. The van der Waals surface area contributed by atoms with Gasteiger partial charge in [-0.3, -0.25) is 9.78 Å². The highest BCUT2D eigenvalue weighted by Crippen LogP contribution is 2.28. The third kappa shape index (κ3) is 4.09. The molecule has 2 unspecified atom stereocenters. The van der Waals surface area contributed by atoms with Crippen LogP contribution >= 0.6 is 0 Å². The largest absolute Gasteiger partial charge is 0.433 e. The summed E-state index contributed by atoms with van der Waals surface area (Å²) in [6, 6.07) is 6.24. The average Bonchev–Trinajstić information content (AvgIpc) is 3.16. The van der Waals surface area contributed by atoms with Crippen molar-refractivity contribution in [3.05, 3.63) is 65.0 Å². The predicted molar refractivity (Wildman–Crippen MR) is 96.0 cm³/mol. The van der Waals surface area contributed by atoms with Crippen LogP contribution in [0.4, 0.5) is 19.1 Å². The highest BCUT2D eigenvalue weighted by atomic mass is 19.4. The van der Waals surface area contributed by atoms with Crippen LogP contribution in [0, 0.1) is 0 Å². The van der Waals surface area contributed by atoms with Gasteiger partial charge in [-0.25, -0.2) is 14.6 Å². The molecule has 3 aromatic heterocycles. The van der Waals surface area contributed by atoms with E-state index < -0.39 is 24.0 Å². The molecule has 1 N–H and O–H groups in total. The van der Waals surface area contributed by atoms with Crippen molar-refractivity contribution in [3.8, 4) is 11.3 Å². The summed E-state index contributed by atoms with van der Waals surface area (Å²) in [5.41, 5.74) is -0.145. The number of anilines is 1. The molecule has 8 nitrogen and oxygen atoms in total. The quantitative estimate of drug-likeness (QED) is 0.712. The van der Waals surface area contributed by atoms with E-state index in [1.165, 1.54) is 10.7 Å². The van der Waals surface area contributed by atoms with Gasteiger partial charge in [0.25, 0.3) is 5.56 Å². The smallest absolute Gasteiger partial charge is 0.377 e. The number of pyridine rings is 1. The molecule has 0 radical (unpaired) electrons. The molecule has 4 rings (SSSR count). The molecule has 29 heavy (non-hydrogen) atoms. The lowest BCUT2D eigenvalue weighted by Gasteiger charge is -2.21. The Morgan fingerprint density at radius 3 is 2.76 bits per heavy atom. The van der Waals surface area contributed by atoms with E-state index in [0.29, 0.717) is 5.69 Å². The topological polar surface area (TPSA) is 94.8 Å². The van der Waals surface area contributed by atoms with Gasteiger partial charge in [0.15, 0.2) is 0 Å². The lowest BCUT2D eigenvalue weighted by atomic mass is 10.1. The highest BCUT2D eigenvalue weighted by molar-refractivity contribution is 5.56. The van der Waals surface area contributed by atoms with Crippen LogP contribution in [-0.2, 0) is 10.9 Å². The molecular weight excluding hydrogens is 389 g/mol. The maximum Gasteiger partial charge on any atom is 0.433 e. The summed E-state index contributed by atoms with van der Waals surface area (Å²) in [6.45, 7) is 0.329. The summed E-state index contributed by atoms with van der Waals surface area (Å²) in [4.78, 5) is 23.8. The van der Waals surface area contributed by atoms with Gasteiger partial charge in [-0.15, -0.1) is 0 Å². The van der Waals surface area contributed by atoms with Crippen molar-refractivity contribution in [1.82, 2.24) is 24.7 Å². The highest BCUT2D eigenvalue weighted by Gasteiger charge is 2.35. The summed E-state index contributed by atoms with van der Waals surface area (Å²) >= 11 is 0. The third-order valence-corrected chi connectivity index (χ3v) is 4.41. The Hall–Kier alpha value is -3.34. The Labute approximate surface area is 162 Å². The monoisotopic (exact) mass is 404 g/mol. The molecule has 2 atom stereocenters. The fraction of sp³-hybridized carbons (Fsp3) is 0.278. The number of aromatic nitrogens is 5. The molecule has 0 aliphatic carbocycles. The summed E-state index contributed by atoms with van der Waals surface area (Å²) < 4.78 is 45.3. The molecule has 1 aliphatic rings. The van der Waals surface area contributed by atoms with Crippen molar-refractivity contribution in [3.63, 3.8) is 0 Å². The first-order valence-electron chi connectivity index (χ1n) is 8.66. The van der Waals surface area contributed by atoms with Crippen LogP contribution in [0.25, 0.3) is 11.3 Å². The van der Waals surface area contributed by atoms with E-state index in [1.54, 1.807) is 24.5 Å². The summed E-state index contributed by atoms with van der Waals surface area (Å²) in [7, 11) is 0. The maximum absolute atomic E-state index is 12.9. The minimum atomic E-state index is -4.58. The van der Waals surface area contributed by atoms with Crippen LogP contribution in [0.1, 0.15) is 11.7 Å². The summed E-state index contributed by atoms with van der Waals surface area (Å²) in [6.07, 6.45) is -0.314. The van der Waals surface area contributed by atoms with Crippen LogP contribution in [0.2, 0.25) is 0 Å². The second-order valence-corrected chi connectivity index (χ2v) is 6.36. The average molecular weight is 404 g/mol. The zero-order chi connectivity index (χ0) is 20.4. The van der Waals surface area contributed by atoms with Crippen LogP contribution in [0.5, 0.6) is 0 Å². The molecule has 4 heterocycles. The number of halogens is 3. The SMILES string of the molecule is O=c1ccc(-c2cccnc2)nn1C1COCC1Nc1nccc(C(F)(F)F)n1. The van der Waals surface area contributed by atoms with E-state index in [0.717, 1.165) is 17.8 Å². The minimum Gasteiger partial charge on any atom is -0.377 e. The van der Waals surface area contributed by atoms with Crippen LogP contribution in [-0.4, -0.2) is 44.0 Å². The van der Waals surface area contributed by atoms with E-state index >= 15 is 0 Å². The first-order valence-corrected chi connectivity index (χ1v) is 8.66. The molecule has 150 valence electrons. The van der Waals surface area contributed by atoms with Gasteiger partial charge in [0, 0.05) is 30.2 Å². The van der Waals surface area contributed by atoms with E-state index in [4.69, 9.17) is 4.74 Å². The number of rotatable bonds is 4. The molecule has 0 amide bonds. The minimum absolute atomic E-state index is 0.162. The Kier molecular flexibility index (Phi) is 4.97. The van der Waals surface area contributed by atoms with Crippen molar-refractivity contribution >= 4 is 5.95 Å². The van der Waals surface area contributed by atoms with E-state index in [2.05, 4.69) is 25.4 Å². The van der Waals surface area contributed by atoms with Crippen LogP contribution < -0.4 is 10.9 Å². The van der Waals surface area contributed by atoms with Gasteiger partial charge in [0.1, 0.15) is 11.7 Å². The van der Waals surface area contributed by atoms with Gasteiger partial charge in [0.05, 0.1) is 24.9 Å². The molecule has 0 aromatic carbocycles. The number of nitrogens with one attached hydrogen (secondary N) is 1. The van der Waals surface area contributed by atoms with Gasteiger partial charge in [-0.05, 0) is 24.3 Å². The second kappa shape index (κ2) is 7.59. The predicted octanol–water partition coefficient (Wildman–Crippen LogP) is 2.17. The Bertz CT molecular complexity index is 1060. The van der Waals surface area contributed by atoms with Crippen molar-refractivity contribution < 1.29 is 17.9 Å². The third-order valence-electron chi connectivity index (χ3n) is 4.41. The van der Waals surface area contributed by atoms with Gasteiger partial charge < -0.3 is 10.1 Å². The van der Waals surface area contributed by atoms with Crippen molar-refractivity contribution in [2.75, 3.05) is 18.5 Å². The zero-order valence-electron chi connectivity index (χ0n) is 14.9. The lowest BCUT2D eigenvalue weighted by molar-refractivity contribution is -0.141. The number of ether oxygens (including phenoxy) is 1. The van der Waals surface area contributed by atoms with Crippen molar-refractivity contribution in [2.24, 2.45) is 0 Å². The molecule has 11 heteroatoms. The normalized spacial score (nSPS) is 19.3. The Morgan fingerprint density at radius 1 is 1.14 bits per heavy atom. The van der Waals surface area contributed by atoms with Crippen molar-refractivity contribution in [1.29, 1.82) is 0 Å². The number of nitrogens with zero attached hydrogens (tertiary/aromatic N) is 5. The molecule has 3 aromatic rings. The molecule has 0 spiro atoms. The second-order valence-electron chi connectivity index (χ2n) is 6.36. The molecule has 1 fully saturated rings. The first kappa shape index (κ1) is 19.0. The molecule has 1 aliphatic heterocycles. The Morgan fingerprint density at radius 2 is 2.00 bits per heavy atom. The number of hydrogen-bond donors (Lipinski definition) is 1. The van der Waals surface area contributed by atoms with Gasteiger partial charge in [-0.2, -0.15) is 18.3 Å². The maximum atomic E-state index is 12.9. The van der Waals surface area contributed by atoms with E-state index in [1.807, 2.05) is 6.07 Å². The van der Waals surface area contributed by atoms with Crippen molar-refractivity contribution in [2.45, 2.75) is 18.3 Å². The van der Waals surface area contributed by atoms with E-state index in [-0.39, 0.29) is 24.7 Å². The summed E-state index contributed by atoms with van der Waals surface area (Å²) in [5, 5.41) is 7.23. The standard InChI is InChI=1S/C18H15F3N6O2/c19-18(20,21)15-5-7-23-17(25-15)24-13-9-29-10-14(13)27-16(28)4-3-12(26-27)11-2-1-6-22-8-11/h1-8,13-14H,9-10H2,(H,23,24,25). The molecule has 0 saturated carbocycles. The molecular formula is C18H15F3N6O2. The number of hydrogen-bond acceptors (Lipinski definition) is 7. The lowest BCUT2D eigenvalue weighted by Crippen LogP contribution is -2.37. The van der Waals surface area contributed by atoms with Crippen LogP contribution in [0.15, 0.2) is 53.7 Å². The van der Waals surface area contributed by atoms with E-state index in [9.17, 15) is 18.0 Å².